The van der Waals surface area contributed by atoms with Crippen LogP contribution in [0.1, 0.15) is 161 Å². The predicted molar refractivity (Wildman–Crippen MR) is 225 cm³/mol. The molecule has 48 heavy (non-hydrogen) atoms. The van der Waals surface area contributed by atoms with Crippen molar-refractivity contribution in [3.8, 4) is 0 Å². The first-order chi connectivity index (χ1) is 19.7. The van der Waals surface area contributed by atoms with Crippen molar-refractivity contribution in [1.82, 2.24) is 10.6 Å². The summed E-state index contributed by atoms with van der Waals surface area (Å²) in [5.74, 6) is 3.72. The van der Waals surface area contributed by atoms with E-state index < -0.39 is 0 Å². The second-order valence-corrected chi connectivity index (χ2v) is 13.6. The summed E-state index contributed by atoms with van der Waals surface area (Å²) in [5, 5.41) is 5.64. The Balaban J connectivity index is -0.0000000587. The Morgan fingerprint density at radius 1 is 0.521 bits per heavy atom. The zero-order valence-corrected chi connectivity index (χ0v) is 31.1. The van der Waals surface area contributed by atoms with Gasteiger partial charge < -0.3 is 10.6 Å². The lowest BCUT2D eigenvalue weighted by Gasteiger charge is -2.05. The average Bonchev–Trinajstić information content (AvgIpc) is 2.84. The van der Waals surface area contributed by atoms with Crippen LogP contribution in [-0.4, -0.2) is 30.2 Å². The summed E-state index contributed by atoms with van der Waals surface area (Å²) in [4.78, 5) is 33.1. The molecule has 0 unspecified atom stereocenters. The molecule has 0 bridgehead atoms. The highest BCUT2D eigenvalue weighted by Gasteiger charge is 2.03. The third-order valence-corrected chi connectivity index (χ3v) is 5.06. The van der Waals surface area contributed by atoms with E-state index in [0.29, 0.717) is 36.6 Å². The number of rotatable bonds is 14. The monoisotopic (exact) mass is 685 g/mol. The molecule has 0 radical (unpaired) electrons. The van der Waals surface area contributed by atoms with E-state index in [1.165, 1.54) is 6.42 Å². The molecule has 5 heteroatoms. The molecule has 0 aromatic rings. The van der Waals surface area contributed by atoms with E-state index in [2.05, 4.69) is 98.1 Å². The van der Waals surface area contributed by atoms with Gasteiger partial charge in [0.1, 0.15) is 0 Å². The lowest BCUT2D eigenvalue weighted by atomic mass is 10.1. The van der Waals surface area contributed by atoms with Crippen molar-refractivity contribution in [3.05, 3.63) is 48.6 Å². The SMILES string of the molecule is C.C.C.C.C.CC(C)/C=C/C(=O)C(C)C.CC(C)/C=C/CC(=O)NC(C)C.CC(C)/C=C/CC(C)C.CC(C)/C=C/CNC(=O)C(C)C. The maximum Gasteiger partial charge on any atom is 0.223 e. The van der Waals surface area contributed by atoms with E-state index >= 15 is 0 Å². The largest absolute Gasteiger partial charge is 0.354 e. The van der Waals surface area contributed by atoms with E-state index in [0.717, 1.165) is 5.92 Å². The molecule has 0 atom stereocenters. The summed E-state index contributed by atoms with van der Waals surface area (Å²) >= 11 is 0. The zero-order valence-electron chi connectivity index (χ0n) is 31.1. The average molecular weight is 685 g/mol. The fourth-order valence-corrected chi connectivity index (χ4v) is 2.63. The zero-order chi connectivity index (χ0) is 34.5. The summed E-state index contributed by atoms with van der Waals surface area (Å²) in [6.07, 6.45) is 17.9. The van der Waals surface area contributed by atoms with Crippen LogP contribution in [0, 0.1) is 41.4 Å². The molecular weight excluding hydrogens is 592 g/mol. The molecule has 0 aromatic heterocycles. The summed E-state index contributed by atoms with van der Waals surface area (Å²) in [6, 6.07) is 0.241. The highest BCUT2D eigenvalue weighted by molar-refractivity contribution is 5.91. The van der Waals surface area contributed by atoms with Gasteiger partial charge in [-0.1, -0.05) is 177 Å². The fourth-order valence-electron chi connectivity index (χ4n) is 2.63. The van der Waals surface area contributed by atoms with Crippen molar-refractivity contribution in [1.29, 1.82) is 0 Å². The molecule has 0 fully saturated rings. The van der Waals surface area contributed by atoms with E-state index in [-0.39, 0.29) is 72.6 Å². The molecule has 2 amide bonds. The Bertz CT molecular complexity index is 797. The standard InChI is InChI=1S/2C10H19NO.C9H16O.C9H18.5CH4/c1-8(2)6-5-7-11-10(12)9(3)4;1-8(2)6-5-7-10(12)11-9(3)4;1-7(2)5-6-9(10)8(3)4;1-8(2)6-5-7-9(3)4;;;;;/h2*5-6,8-9H,7H2,1-4H3,(H,11,12);5-8H,1-4H3;5-6,8-9H,7H2,1-4H3;5*1H4/b4*6-5+;;;;;. The highest BCUT2D eigenvalue weighted by atomic mass is 16.2. The topological polar surface area (TPSA) is 75.3 Å². The van der Waals surface area contributed by atoms with Crippen LogP contribution in [0.4, 0.5) is 0 Å². The molecule has 0 aliphatic rings. The van der Waals surface area contributed by atoms with Gasteiger partial charge in [0.2, 0.25) is 11.8 Å². The van der Waals surface area contributed by atoms with Crippen LogP contribution in [0.15, 0.2) is 48.6 Å². The Hall–Kier alpha value is -2.43. The molecule has 0 heterocycles. The number of hydrogen-bond acceptors (Lipinski definition) is 3. The highest BCUT2D eigenvalue weighted by Crippen LogP contribution is 2.02. The smallest absolute Gasteiger partial charge is 0.223 e. The number of ketones is 1. The first-order valence-corrected chi connectivity index (χ1v) is 16.5. The van der Waals surface area contributed by atoms with Crippen LogP contribution in [0.5, 0.6) is 0 Å². The molecule has 0 saturated heterocycles. The minimum absolute atomic E-state index is 0. The molecular formula is C43H92N2O3. The van der Waals surface area contributed by atoms with Gasteiger partial charge in [-0.3, -0.25) is 14.4 Å². The Kier molecular flexibility index (Phi) is 62.9. The van der Waals surface area contributed by atoms with Gasteiger partial charge in [0, 0.05) is 30.8 Å². The van der Waals surface area contributed by atoms with Crippen LogP contribution in [0.25, 0.3) is 0 Å². The second kappa shape index (κ2) is 44.6. The third kappa shape index (κ3) is 70.1. The molecule has 2 N–H and O–H groups in total. The van der Waals surface area contributed by atoms with Crippen molar-refractivity contribution in [2.75, 3.05) is 6.54 Å². The van der Waals surface area contributed by atoms with Gasteiger partial charge in [-0.15, -0.1) is 0 Å². The predicted octanol–water partition coefficient (Wildman–Crippen LogP) is 12.9. The number of amides is 2. The maximum absolute atomic E-state index is 11.1. The quantitative estimate of drug-likeness (QED) is 0.141. The first kappa shape index (κ1) is 67.7. The van der Waals surface area contributed by atoms with Crippen molar-refractivity contribution in [2.24, 2.45) is 41.4 Å². The molecule has 0 saturated carbocycles. The van der Waals surface area contributed by atoms with Crippen LogP contribution in [0.3, 0.4) is 0 Å². The molecule has 0 rings (SSSR count). The number of nitrogens with one attached hydrogen (secondary N) is 2. The van der Waals surface area contributed by atoms with Gasteiger partial charge in [0.25, 0.3) is 0 Å². The van der Waals surface area contributed by atoms with E-state index in [9.17, 15) is 14.4 Å². The number of hydrogen-bond donors (Lipinski definition) is 2. The Morgan fingerprint density at radius 3 is 1.25 bits per heavy atom. The summed E-state index contributed by atoms with van der Waals surface area (Å²) in [5.41, 5.74) is 0. The molecule has 0 aliphatic heterocycles. The molecule has 5 nitrogen and oxygen atoms in total. The number of allylic oxidation sites excluding steroid dienone is 6. The summed E-state index contributed by atoms with van der Waals surface area (Å²) < 4.78 is 0. The summed E-state index contributed by atoms with van der Waals surface area (Å²) in [7, 11) is 0. The van der Waals surface area contributed by atoms with Crippen LogP contribution >= 0.6 is 0 Å². The lowest BCUT2D eigenvalue weighted by molar-refractivity contribution is -0.124. The van der Waals surface area contributed by atoms with E-state index in [1.54, 1.807) is 6.08 Å². The van der Waals surface area contributed by atoms with Gasteiger partial charge in [-0.05, 0) is 55.9 Å². The third-order valence-electron chi connectivity index (χ3n) is 5.06. The van der Waals surface area contributed by atoms with Crippen molar-refractivity contribution >= 4 is 17.6 Å². The minimum Gasteiger partial charge on any atom is -0.354 e. The number of carbonyl (C=O) groups excluding carboxylic acids is 3. The van der Waals surface area contributed by atoms with E-state index in [1.807, 2.05) is 65.8 Å². The maximum atomic E-state index is 11.1. The Labute approximate surface area is 305 Å². The molecule has 292 valence electrons. The lowest BCUT2D eigenvalue weighted by Crippen LogP contribution is -2.29. The molecule has 0 spiro atoms. The number of carbonyl (C=O) groups is 3. The normalized spacial score (nSPS) is 10.5. The van der Waals surface area contributed by atoms with Crippen molar-refractivity contribution < 1.29 is 14.4 Å². The molecule has 0 aromatic carbocycles. The van der Waals surface area contributed by atoms with Crippen LogP contribution < -0.4 is 10.6 Å². The van der Waals surface area contributed by atoms with Crippen LogP contribution in [-0.2, 0) is 14.4 Å². The van der Waals surface area contributed by atoms with Gasteiger partial charge in [0.05, 0.1) is 0 Å². The van der Waals surface area contributed by atoms with Crippen LogP contribution in [0.2, 0.25) is 0 Å². The fraction of sp³-hybridized carbons (Fsp3) is 0.744. The minimum atomic E-state index is 0. The summed E-state index contributed by atoms with van der Waals surface area (Å²) in [6.45, 7) is 33.6. The molecule has 0 aliphatic carbocycles. The van der Waals surface area contributed by atoms with Gasteiger partial charge >= 0.3 is 0 Å². The van der Waals surface area contributed by atoms with Gasteiger partial charge in [-0.25, -0.2) is 0 Å². The first-order valence-electron chi connectivity index (χ1n) is 16.5. The van der Waals surface area contributed by atoms with Crippen molar-refractivity contribution in [3.63, 3.8) is 0 Å². The second-order valence-electron chi connectivity index (χ2n) is 13.6. The van der Waals surface area contributed by atoms with Crippen molar-refractivity contribution in [2.45, 2.75) is 167 Å². The van der Waals surface area contributed by atoms with Gasteiger partial charge in [-0.2, -0.15) is 0 Å². The van der Waals surface area contributed by atoms with Gasteiger partial charge in [0.15, 0.2) is 5.78 Å². The van der Waals surface area contributed by atoms with E-state index in [4.69, 9.17) is 0 Å². The Morgan fingerprint density at radius 2 is 0.917 bits per heavy atom.